The highest BCUT2D eigenvalue weighted by Crippen LogP contribution is 2.28. The number of nitrogens with one attached hydrogen (secondary N) is 2. The van der Waals surface area contributed by atoms with Crippen LogP contribution in [0.4, 0.5) is 9.52 Å². The molecule has 1 aromatic carbocycles. The minimum absolute atomic E-state index is 0.148. The summed E-state index contributed by atoms with van der Waals surface area (Å²) in [5, 5.41) is 7.37. The number of carbonyl (C=O) groups excluding carboxylic acids is 2. The number of rotatable bonds is 6. The summed E-state index contributed by atoms with van der Waals surface area (Å²) in [5.74, 6) is -1.07. The van der Waals surface area contributed by atoms with E-state index in [2.05, 4.69) is 31.5 Å². The average molecular weight is 484 g/mol. The molecule has 0 saturated carbocycles. The molecule has 0 aliphatic rings. The van der Waals surface area contributed by atoms with Crippen LogP contribution in [0.2, 0.25) is 0 Å². The van der Waals surface area contributed by atoms with E-state index < -0.39 is 17.8 Å². The van der Waals surface area contributed by atoms with Gasteiger partial charge in [-0.15, -0.1) is 22.7 Å². The minimum atomic E-state index is -0.751. The van der Waals surface area contributed by atoms with Gasteiger partial charge >= 0.3 is 0 Å². The molecule has 10 heteroatoms. The Hall–Kier alpha value is -2.30. The van der Waals surface area contributed by atoms with Crippen molar-refractivity contribution in [3.63, 3.8) is 0 Å². The van der Waals surface area contributed by atoms with Gasteiger partial charge in [0.25, 0.3) is 5.91 Å². The first-order valence-electron chi connectivity index (χ1n) is 8.04. The maximum atomic E-state index is 13.9. The number of benzene rings is 1. The van der Waals surface area contributed by atoms with E-state index in [1.165, 1.54) is 41.9 Å². The van der Waals surface area contributed by atoms with E-state index in [0.717, 1.165) is 3.79 Å². The fourth-order valence-electron chi connectivity index (χ4n) is 2.27. The van der Waals surface area contributed by atoms with Crippen molar-refractivity contribution in [3.05, 3.63) is 50.2 Å². The van der Waals surface area contributed by atoms with Gasteiger partial charge in [-0.25, -0.2) is 9.37 Å². The second kappa shape index (κ2) is 8.80. The first kappa shape index (κ1) is 20.4. The molecule has 2 N–H and O–H groups in total. The van der Waals surface area contributed by atoms with Gasteiger partial charge in [-0.3, -0.25) is 9.59 Å². The number of aromatic nitrogens is 1. The summed E-state index contributed by atoms with van der Waals surface area (Å²) in [6.45, 7) is 1.59. The zero-order valence-electron chi connectivity index (χ0n) is 14.8. The van der Waals surface area contributed by atoms with Gasteiger partial charge in [0.05, 0.1) is 21.5 Å². The topological polar surface area (TPSA) is 80.3 Å². The van der Waals surface area contributed by atoms with E-state index in [0.29, 0.717) is 21.3 Å². The SMILES string of the molecule is COc1ccc(-c2csc(NC(=O)C(C)NC(=O)c3ccc(Br)s3)n2)cc1F. The van der Waals surface area contributed by atoms with Crippen LogP contribution >= 0.6 is 38.6 Å². The molecule has 1 atom stereocenters. The predicted molar refractivity (Wildman–Crippen MR) is 112 cm³/mol. The first-order chi connectivity index (χ1) is 13.4. The maximum Gasteiger partial charge on any atom is 0.262 e. The van der Waals surface area contributed by atoms with Crippen LogP contribution < -0.4 is 15.4 Å². The summed E-state index contributed by atoms with van der Waals surface area (Å²) in [5.41, 5.74) is 1.10. The molecule has 0 radical (unpaired) electrons. The quantitative estimate of drug-likeness (QED) is 0.539. The predicted octanol–water partition coefficient (Wildman–Crippen LogP) is 4.54. The van der Waals surface area contributed by atoms with Crippen molar-refractivity contribution < 1.29 is 18.7 Å². The first-order valence-corrected chi connectivity index (χ1v) is 10.5. The van der Waals surface area contributed by atoms with E-state index in [1.54, 1.807) is 30.5 Å². The van der Waals surface area contributed by atoms with Crippen molar-refractivity contribution in [1.29, 1.82) is 0 Å². The number of methoxy groups -OCH3 is 1. The van der Waals surface area contributed by atoms with E-state index in [1.807, 2.05) is 0 Å². The van der Waals surface area contributed by atoms with Gasteiger partial charge in [0.2, 0.25) is 5.91 Å². The number of carbonyl (C=O) groups is 2. The molecule has 0 spiro atoms. The standard InChI is InChI=1S/C18H15BrFN3O3S2/c1-9(21-17(25)14-5-6-15(19)28-14)16(24)23-18-22-12(8-27-18)10-3-4-13(26-2)11(20)7-10/h3-9H,1-2H3,(H,21,25)(H,22,23,24). The molecule has 28 heavy (non-hydrogen) atoms. The lowest BCUT2D eigenvalue weighted by Gasteiger charge is -2.12. The number of hydrogen-bond donors (Lipinski definition) is 2. The summed E-state index contributed by atoms with van der Waals surface area (Å²) < 4.78 is 19.6. The highest BCUT2D eigenvalue weighted by atomic mass is 79.9. The Labute approximate surface area is 176 Å². The van der Waals surface area contributed by atoms with Crippen LogP contribution in [-0.4, -0.2) is 29.9 Å². The molecule has 0 saturated heterocycles. The molecule has 0 aliphatic carbocycles. The normalized spacial score (nSPS) is 11.7. The van der Waals surface area contributed by atoms with Gasteiger partial charge in [0.1, 0.15) is 6.04 Å². The van der Waals surface area contributed by atoms with Crippen molar-refractivity contribution in [2.45, 2.75) is 13.0 Å². The van der Waals surface area contributed by atoms with Crippen molar-refractivity contribution in [3.8, 4) is 17.0 Å². The van der Waals surface area contributed by atoms with Crippen LogP contribution in [0.5, 0.6) is 5.75 Å². The third-order valence-corrected chi connectivity index (χ3v) is 6.10. The van der Waals surface area contributed by atoms with Crippen LogP contribution in [0.25, 0.3) is 11.3 Å². The number of hydrogen-bond acceptors (Lipinski definition) is 6. The highest BCUT2D eigenvalue weighted by Gasteiger charge is 2.19. The number of ether oxygens (including phenoxy) is 1. The average Bonchev–Trinajstić information content (AvgIpc) is 3.30. The van der Waals surface area contributed by atoms with Crippen LogP contribution in [-0.2, 0) is 4.79 Å². The van der Waals surface area contributed by atoms with Gasteiger partial charge < -0.3 is 15.4 Å². The Morgan fingerprint density at radius 1 is 1.29 bits per heavy atom. The van der Waals surface area contributed by atoms with E-state index >= 15 is 0 Å². The molecule has 2 heterocycles. The zero-order valence-corrected chi connectivity index (χ0v) is 18.0. The molecule has 3 rings (SSSR count). The second-order valence-electron chi connectivity index (χ2n) is 5.68. The molecule has 0 aliphatic heterocycles. The molecule has 0 fully saturated rings. The molecule has 6 nitrogen and oxygen atoms in total. The molecule has 2 aromatic heterocycles. The summed E-state index contributed by atoms with van der Waals surface area (Å²) >= 11 is 5.79. The third-order valence-electron chi connectivity index (χ3n) is 3.72. The summed E-state index contributed by atoms with van der Waals surface area (Å²) in [7, 11) is 1.39. The smallest absolute Gasteiger partial charge is 0.262 e. The third kappa shape index (κ3) is 4.75. The monoisotopic (exact) mass is 483 g/mol. The zero-order chi connectivity index (χ0) is 20.3. The van der Waals surface area contributed by atoms with Crippen molar-refractivity contribution in [2.24, 2.45) is 0 Å². The summed E-state index contributed by atoms with van der Waals surface area (Å²) in [6, 6.07) is 7.22. The van der Waals surface area contributed by atoms with Crippen LogP contribution in [0.3, 0.4) is 0 Å². The molecule has 3 aromatic rings. The highest BCUT2D eigenvalue weighted by molar-refractivity contribution is 9.11. The Morgan fingerprint density at radius 2 is 2.07 bits per heavy atom. The van der Waals surface area contributed by atoms with Gasteiger partial charge in [-0.2, -0.15) is 0 Å². The maximum absolute atomic E-state index is 13.9. The number of amides is 2. The largest absolute Gasteiger partial charge is 0.494 e. The van der Waals surface area contributed by atoms with Crippen molar-refractivity contribution >= 4 is 55.5 Å². The molecule has 0 bridgehead atoms. The van der Waals surface area contributed by atoms with Gasteiger partial charge in [0, 0.05) is 10.9 Å². The Morgan fingerprint density at radius 3 is 2.71 bits per heavy atom. The summed E-state index contributed by atoms with van der Waals surface area (Å²) in [6.07, 6.45) is 0. The van der Waals surface area contributed by atoms with Gasteiger partial charge in [-0.05, 0) is 53.2 Å². The minimum Gasteiger partial charge on any atom is -0.494 e. The fourth-order valence-corrected chi connectivity index (χ4v) is 4.28. The molecule has 1 unspecified atom stereocenters. The van der Waals surface area contributed by atoms with Crippen LogP contribution in [0, 0.1) is 5.82 Å². The summed E-state index contributed by atoms with van der Waals surface area (Å²) in [4.78, 5) is 29.3. The number of thiazole rings is 1. The lowest BCUT2D eigenvalue weighted by atomic mass is 10.1. The van der Waals surface area contributed by atoms with Gasteiger partial charge in [-0.1, -0.05) is 0 Å². The Balaban J connectivity index is 1.63. The van der Waals surface area contributed by atoms with E-state index in [4.69, 9.17) is 4.74 Å². The van der Waals surface area contributed by atoms with Crippen molar-refractivity contribution in [2.75, 3.05) is 12.4 Å². The lowest BCUT2D eigenvalue weighted by molar-refractivity contribution is -0.117. The van der Waals surface area contributed by atoms with Crippen LogP contribution in [0.15, 0.2) is 39.5 Å². The molecule has 2 amide bonds. The van der Waals surface area contributed by atoms with Crippen molar-refractivity contribution in [1.82, 2.24) is 10.3 Å². The molecule has 146 valence electrons. The van der Waals surface area contributed by atoms with Gasteiger partial charge in [0.15, 0.2) is 16.7 Å². The number of nitrogens with zero attached hydrogens (tertiary/aromatic N) is 1. The lowest BCUT2D eigenvalue weighted by Crippen LogP contribution is -2.41. The van der Waals surface area contributed by atoms with Crippen LogP contribution in [0.1, 0.15) is 16.6 Å². The van der Waals surface area contributed by atoms with E-state index in [-0.39, 0.29) is 11.7 Å². The molecular weight excluding hydrogens is 469 g/mol. The number of thiophene rings is 1. The fraction of sp³-hybridized carbons (Fsp3) is 0.167. The number of anilines is 1. The Kier molecular flexibility index (Phi) is 6.42. The molecular formula is C18H15BrFN3O3S2. The number of halogens is 2. The van der Waals surface area contributed by atoms with E-state index in [9.17, 15) is 14.0 Å². The Bertz CT molecular complexity index is 1020. The second-order valence-corrected chi connectivity index (χ2v) is 9.00.